The molecule has 1 N–H and O–H groups in total. The SMILES string of the molecule is CC(C)NC(=O)C(=O)N1CCN(C(=O)/C=C/c2ccc(Oc3cccnc3)c(F)c2)CC1. The van der Waals surface area contributed by atoms with E-state index in [9.17, 15) is 18.8 Å². The second-order valence-electron chi connectivity index (χ2n) is 7.56. The summed E-state index contributed by atoms with van der Waals surface area (Å²) in [6, 6.07) is 7.64. The molecule has 168 valence electrons. The zero-order chi connectivity index (χ0) is 23.1. The number of carbonyl (C=O) groups excluding carboxylic acids is 3. The average molecular weight is 440 g/mol. The van der Waals surface area contributed by atoms with Gasteiger partial charge in [0.15, 0.2) is 11.6 Å². The lowest BCUT2D eigenvalue weighted by Gasteiger charge is -2.33. The maximum Gasteiger partial charge on any atom is 0.312 e. The Labute approximate surface area is 185 Å². The molecule has 2 aromatic rings. The second-order valence-corrected chi connectivity index (χ2v) is 7.56. The summed E-state index contributed by atoms with van der Waals surface area (Å²) >= 11 is 0. The smallest absolute Gasteiger partial charge is 0.312 e. The normalized spacial score (nSPS) is 14.0. The fourth-order valence-electron chi connectivity index (χ4n) is 3.11. The van der Waals surface area contributed by atoms with Gasteiger partial charge in [0.25, 0.3) is 0 Å². The van der Waals surface area contributed by atoms with Gasteiger partial charge in [-0.3, -0.25) is 19.4 Å². The number of carbonyl (C=O) groups is 3. The highest BCUT2D eigenvalue weighted by Gasteiger charge is 2.27. The third kappa shape index (κ3) is 6.13. The number of halogens is 1. The van der Waals surface area contributed by atoms with Gasteiger partial charge >= 0.3 is 11.8 Å². The molecule has 3 amide bonds. The van der Waals surface area contributed by atoms with E-state index < -0.39 is 17.6 Å². The monoisotopic (exact) mass is 440 g/mol. The number of amides is 3. The lowest BCUT2D eigenvalue weighted by Crippen LogP contribution is -2.54. The van der Waals surface area contributed by atoms with Crippen LogP contribution in [0.5, 0.6) is 11.5 Å². The van der Waals surface area contributed by atoms with Crippen molar-refractivity contribution in [2.75, 3.05) is 26.2 Å². The van der Waals surface area contributed by atoms with Crippen LogP contribution in [0.4, 0.5) is 4.39 Å². The van der Waals surface area contributed by atoms with Crippen LogP contribution < -0.4 is 10.1 Å². The minimum atomic E-state index is -0.641. The molecule has 8 nitrogen and oxygen atoms in total. The molecular formula is C23H25FN4O4. The largest absolute Gasteiger partial charge is 0.453 e. The van der Waals surface area contributed by atoms with Crippen molar-refractivity contribution >= 4 is 23.8 Å². The van der Waals surface area contributed by atoms with Gasteiger partial charge in [0.1, 0.15) is 5.75 Å². The fourth-order valence-corrected chi connectivity index (χ4v) is 3.11. The Balaban J connectivity index is 1.53. The number of nitrogens with one attached hydrogen (secondary N) is 1. The Morgan fingerprint density at radius 2 is 1.84 bits per heavy atom. The lowest BCUT2D eigenvalue weighted by molar-refractivity contribution is -0.148. The van der Waals surface area contributed by atoms with E-state index in [1.807, 2.05) is 0 Å². The van der Waals surface area contributed by atoms with Gasteiger partial charge < -0.3 is 19.9 Å². The van der Waals surface area contributed by atoms with Crippen LogP contribution in [0.2, 0.25) is 0 Å². The summed E-state index contributed by atoms with van der Waals surface area (Å²) in [6.45, 7) is 4.74. The second kappa shape index (κ2) is 10.5. The molecule has 9 heteroatoms. The van der Waals surface area contributed by atoms with Gasteiger partial charge in [-0.1, -0.05) is 6.07 Å². The zero-order valence-corrected chi connectivity index (χ0v) is 18.0. The van der Waals surface area contributed by atoms with Crippen molar-refractivity contribution in [1.29, 1.82) is 0 Å². The summed E-state index contributed by atoms with van der Waals surface area (Å²) in [6.07, 6.45) is 5.96. The van der Waals surface area contributed by atoms with Crippen molar-refractivity contribution in [1.82, 2.24) is 20.1 Å². The molecule has 0 atom stereocenters. The first-order valence-electron chi connectivity index (χ1n) is 10.3. The van der Waals surface area contributed by atoms with Crippen molar-refractivity contribution in [3.05, 3.63) is 60.2 Å². The molecule has 1 fully saturated rings. The van der Waals surface area contributed by atoms with Gasteiger partial charge in [-0.05, 0) is 49.8 Å². The summed E-state index contributed by atoms with van der Waals surface area (Å²) in [5.74, 6) is -1.56. The number of piperazine rings is 1. The molecule has 0 spiro atoms. The van der Waals surface area contributed by atoms with Crippen molar-refractivity contribution in [3.8, 4) is 11.5 Å². The van der Waals surface area contributed by atoms with E-state index in [0.29, 0.717) is 24.4 Å². The summed E-state index contributed by atoms with van der Waals surface area (Å²) in [5.41, 5.74) is 0.508. The van der Waals surface area contributed by atoms with Crippen molar-refractivity contribution in [3.63, 3.8) is 0 Å². The number of hydrogen-bond donors (Lipinski definition) is 1. The molecule has 0 unspecified atom stereocenters. The minimum absolute atomic E-state index is 0.0590. The molecule has 1 saturated heterocycles. The first kappa shape index (κ1) is 22.9. The van der Waals surface area contributed by atoms with Crippen LogP contribution in [0.25, 0.3) is 6.08 Å². The van der Waals surface area contributed by atoms with Gasteiger partial charge in [0.2, 0.25) is 5.91 Å². The molecule has 1 aromatic heterocycles. The number of ether oxygens (including phenoxy) is 1. The molecule has 0 saturated carbocycles. The number of aromatic nitrogens is 1. The molecule has 0 bridgehead atoms. The predicted octanol–water partition coefficient (Wildman–Crippen LogP) is 2.22. The lowest BCUT2D eigenvalue weighted by atomic mass is 10.2. The van der Waals surface area contributed by atoms with Crippen LogP contribution in [0.15, 0.2) is 48.8 Å². The fraction of sp³-hybridized carbons (Fsp3) is 0.304. The minimum Gasteiger partial charge on any atom is -0.453 e. The van der Waals surface area contributed by atoms with Gasteiger partial charge in [-0.15, -0.1) is 0 Å². The van der Waals surface area contributed by atoms with E-state index in [1.165, 1.54) is 35.4 Å². The number of benzene rings is 1. The molecule has 32 heavy (non-hydrogen) atoms. The standard InChI is InChI=1S/C23H25FN4O4/c1-16(2)26-22(30)23(31)28-12-10-27(11-13-28)21(29)8-6-17-5-7-20(19(24)14-17)32-18-4-3-9-25-15-18/h3-9,14-16H,10-13H2,1-2H3,(H,26,30)/b8-6+. The van der Waals surface area contributed by atoms with E-state index in [1.54, 1.807) is 43.1 Å². The molecule has 3 rings (SSSR count). The average Bonchev–Trinajstić information content (AvgIpc) is 2.79. The summed E-state index contributed by atoms with van der Waals surface area (Å²) in [7, 11) is 0. The number of rotatable bonds is 5. The van der Waals surface area contributed by atoms with Crippen LogP contribution in [0.1, 0.15) is 19.4 Å². The number of nitrogens with zero attached hydrogens (tertiary/aromatic N) is 3. The summed E-state index contributed by atoms with van der Waals surface area (Å²) in [5, 5.41) is 2.57. The molecule has 0 radical (unpaired) electrons. The van der Waals surface area contributed by atoms with Crippen molar-refractivity contribution < 1.29 is 23.5 Å². The predicted molar refractivity (Wildman–Crippen MR) is 116 cm³/mol. The maximum atomic E-state index is 14.3. The number of hydrogen-bond acceptors (Lipinski definition) is 5. The first-order valence-corrected chi connectivity index (χ1v) is 10.3. The third-order valence-electron chi connectivity index (χ3n) is 4.73. The van der Waals surface area contributed by atoms with Crippen molar-refractivity contribution in [2.24, 2.45) is 0 Å². The Hall–Kier alpha value is -3.75. The van der Waals surface area contributed by atoms with Gasteiger partial charge in [0.05, 0.1) is 6.20 Å². The van der Waals surface area contributed by atoms with Crippen LogP contribution >= 0.6 is 0 Å². The van der Waals surface area contributed by atoms with Gasteiger partial charge in [-0.2, -0.15) is 0 Å². The summed E-state index contributed by atoms with van der Waals surface area (Å²) in [4.78, 5) is 43.4. The molecular weight excluding hydrogens is 415 g/mol. The van der Waals surface area contributed by atoms with Crippen LogP contribution in [0.3, 0.4) is 0 Å². The van der Waals surface area contributed by atoms with Crippen LogP contribution in [0, 0.1) is 5.82 Å². The highest BCUT2D eigenvalue weighted by Crippen LogP contribution is 2.24. The topological polar surface area (TPSA) is 91.8 Å². The Kier molecular flexibility index (Phi) is 7.54. The summed E-state index contributed by atoms with van der Waals surface area (Å²) < 4.78 is 19.8. The highest BCUT2D eigenvalue weighted by atomic mass is 19.1. The van der Waals surface area contributed by atoms with E-state index >= 15 is 0 Å². The molecule has 0 aliphatic carbocycles. The number of pyridine rings is 1. The van der Waals surface area contributed by atoms with Gasteiger partial charge in [-0.25, -0.2) is 4.39 Å². The van der Waals surface area contributed by atoms with E-state index in [4.69, 9.17) is 4.74 Å². The Morgan fingerprint density at radius 1 is 1.12 bits per heavy atom. The van der Waals surface area contributed by atoms with Crippen LogP contribution in [-0.2, 0) is 14.4 Å². The maximum absolute atomic E-state index is 14.3. The first-order chi connectivity index (χ1) is 15.3. The molecule has 1 aliphatic heterocycles. The van der Waals surface area contributed by atoms with Gasteiger partial charge in [0, 0.05) is 44.5 Å². The molecule has 1 aliphatic rings. The molecule has 1 aromatic carbocycles. The quantitative estimate of drug-likeness (QED) is 0.569. The Morgan fingerprint density at radius 3 is 2.47 bits per heavy atom. The van der Waals surface area contributed by atoms with E-state index in [-0.39, 0.29) is 30.8 Å². The third-order valence-corrected chi connectivity index (χ3v) is 4.73. The highest BCUT2D eigenvalue weighted by molar-refractivity contribution is 6.35. The Bertz CT molecular complexity index is 1000. The van der Waals surface area contributed by atoms with Crippen molar-refractivity contribution in [2.45, 2.75) is 19.9 Å². The van der Waals surface area contributed by atoms with E-state index in [2.05, 4.69) is 10.3 Å². The van der Waals surface area contributed by atoms with E-state index in [0.717, 1.165) is 0 Å². The zero-order valence-electron chi connectivity index (χ0n) is 18.0. The molecule has 2 heterocycles. The van der Waals surface area contributed by atoms with Crippen LogP contribution in [-0.4, -0.2) is 64.7 Å².